The van der Waals surface area contributed by atoms with Gasteiger partial charge in [0.15, 0.2) is 11.6 Å². The van der Waals surface area contributed by atoms with E-state index in [-0.39, 0.29) is 11.9 Å². The summed E-state index contributed by atoms with van der Waals surface area (Å²) in [5.41, 5.74) is 5.71. The number of halogens is 1. The van der Waals surface area contributed by atoms with Crippen LogP contribution in [0.15, 0.2) is 18.3 Å². The first-order valence-corrected chi connectivity index (χ1v) is 5.31. The summed E-state index contributed by atoms with van der Waals surface area (Å²) in [5, 5.41) is 0. The van der Waals surface area contributed by atoms with Crippen LogP contribution in [0.25, 0.3) is 0 Å². The van der Waals surface area contributed by atoms with Crippen molar-refractivity contribution in [3.05, 3.63) is 24.1 Å². The molecule has 1 saturated heterocycles. The zero-order valence-corrected chi connectivity index (χ0v) is 8.86. The number of anilines is 1. The molecule has 2 heterocycles. The van der Waals surface area contributed by atoms with Gasteiger partial charge in [-0.05, 0) is 24.5 Å². The molecule has 0 saturated carbocycles. The molecule has 1 aromatic heterocycles. The molecule has 1 aliphatic rings. The molecule has 2 unspecified atom stereocenters. The fourth-order valence-corrected chi connectivity index (χ4v) is 2.22. The number of nitrogens with zero attached hydrogens (tertiary/aromatic N) is 2. The molecule has 1 aromatic rings. The van der Waals surface area contributed by atoms with Crippen molar-refractivity contribution in [3.8, 4) is 0 Å². The van der Waals surface area contributed by atoms with Crippen molar-refractivity contribution in [1.82, 2.24) is 4.98 Å². The maximum Gasteiger partial charge on any atom is 0.165 e. The van der Waals surface area contributed by atoms with Crippen molar-refractivity contribution in [2.24, 2.45) is 11.7 Å². The predicted octanol–water partition coefficient (Wildman–Crippen LogP) is 1.39. The molecule has 15 heavy (non-hydrogen) atoms. The minimum atomic E-state index is -0.259. The highest BCUT2D eigenvalue weighted by atomic mass is 19.1. The van der Waals surface area contributed by atoms with E-state index < -0.39 is 0 Å². The summed E-state index contributed by atoms with van der Waals surface area (Å²) in [6.45, 7) is 3.55. The Morgan fingerprint density at radius 2 is 2.47 bits per heavy atom. The smallest absolute Gasteiger partial charge is 0.165 e. The van der Waals surface area contributed by atoms with Gasteiger partial charge in [-0.2, -0.15) is 0 Å². The fraction of sp³-hybridized carbons (Fsp3) is 0.545. The van der Waals surface area contributed by atoms with E-state index in [1.807, 2.05) is 4.90 Å². The highest BCUT2D eigenvalue weighted by molar-refractivity contribution is 5.42. The zero-order valence-electron chi connectivity index (χ0n) is 8.86. The van der Waals surface area contributed by atoms with Crippen molar-refractivity contribution in [3.63, 3.8) is 0 Å². The first kappa shape index (κ1) is 10.4. The van der Waals surface area contributed by atoms with Crippen LogP contribution in [0.3, 0.4) is 0 Å². The predicted molar refractivity (Wildman–Crippen MR) is 58.2 cm³/mol. The third-order valence-electron chi connectivity index (χ3n) is 3.14. The van der Waals surface area contributed by atoms with E-state index in [0.29, 0.717) is 18.3 Å². The van der Waals surface area contributed by atoms with Crippen LogP contribution in [0.2, 0.25) is 0 Å². The monoisotopic (exact) mass is 209 g/mol. The third kappa shape index (κ3) is 1.81. The highest BCUT2D eigenvalue weighted by Gasteiger charge is 2.32. The lowest BCUT2D eigenvalue weighted by molar-refractivity contribution is 0.511. The lowest BCUT2D eigenvalue weighted by atomic mass is 10.0. The second-order valence-corrected chi connectivity index (χ2v) is 4.07. The van der Waals surface area contributed by atoms with Crippen molar-refractivity contribution >= 4 is 5.82 Å². The quantitative estimate of drug-likeness (QED) is 0.800. The Hall–Kier alpha value is -1.16. The van der Waals surface area contributed by atoms with E-state index in [9.17, 15) is 4.39 Å². The SMILES string of the molecule is CC1CCN(c2ncccc2F)C1CN. The van der Waals surface area contributed by atoms with Crippen LogP contribution >= 0.6 is 0 Å². The van der Waals surface area contributed by atoms with E-state index in [1.165, 1.54) is 6.07 Å². The van der Waals surface area contributed by atoms with Gasteiger partial charge in [-0.1, -0.05) is 6.92 Å². The topological polar surface area (TPSA) is 42.2 Å². The third-order valence-corrected chi connectivity index (χ3v) is 3.14. The largest absolute Gasteiger partial charge is 0.350 e. The molecule has 2 N–H and O–H groups in total. The molecular weight excluding hydrogens is 193 g/mol. The molecule has 0 bridgehead atoms. The van der Waals surface area contributed by atoms with Gasteiger partial charge >= 0.3 is 0 Å². The normalized spacial score (nSPS) is 25.9. The number of aromatic nitrogens is 1. The van der Waals surface area contributed by atoms with Gasteiger partial charge in [0.1, 0.15) is 0 Å². The summed E-state index contributed by atoms with van der Waals surface area (Å²) in [4.78, 5) is 6.07. The van der Waals surface area contributed by atoms with Crippen molar-refractivity contribution < 1.29 is 4.39 Å². The summed E-state index contributed by atoms with van der Waals surface area (Å²) in [7, 11) is 0. The second kappa shape index (κ2) is 4.14. The van der Waals surface area contributed by atoms with Crippen molar-refractivity contribution in [1.29, 1.82) is 0 Å². The lowest BCUT2D eigenvalue weighted by Crippen LogP contribution is -2.39. The van der Waals surface area contributed by atoms with Crippen LogP contribution in [-0.2, 0) is 0 Å². The van der Waals surface area contributed by atoms with Gasteiger partial charge < -0.3 is 10.6 Å². The molecule has 2 rings (SSSR count). The standard InChI is InChI=1S/C11H16FN3/c1-8-4-6-15(10(8)7-13)11-9(12)3-2-5-14-11/h2-3,5,8,10H,4,6-7,13H2,1H3. The lowest BCUT2D eigenvalue weighted by Gasteiger charge is -2.26. The molecule has 1 fully saturated rings. The molecular formula is C11H16FN3. The summed E-state index contributed by atoms with van der Waals surface area (Å²) < 4.78 is 13.5. The van der Waals surface area contributed by atoms with Gasteiger partial charge in [0, 0.05) is 25.3 Å². The summed E-state index contributed by atoms with van der Waals surface area (Å²) >= 11 is 0. The minimum absolute atomic E-state index is 0.217. The molecule has 4 heteroatoms. The molecule has 2 atom stereocenters. The summed E-state index contributed by atoms with van der Waals surface area (Å²) in [6, 6.07) is 3.27. The van der Waals surface area contributed by atoms with Crippen LogP contribution in [0.5, 0.6) is 0 Å². The van der Waals surface area contributed by atoms with Gasteiger partial charge in [0.25, 0.3) is 0 Å². The summed E-state index contributed by atoms with van der Waals surface area (Å²) in [5.74, 6) is 0.693. The Morgan fingerprint density at radius 3 is 3.13 bits per heavy atom. The number of pyridine rings is 1. The molecule has 3 nitrogen and oxygen atoms in total. The second-order valence-electron chi connectivity index (χ2n) is 4.07. The van der Waals surface area contributed by atoms with Crippen LogP contribution in [-0.4, -0.2) is 24.1 Å². The van der Waals surface area contributed by atoms with E-state index in [2.05, 4.69) is 11.9 Å². The molecule has 0 aromatic carbocycles. The first-order chi connectivity index (χ1) is 7.24. The Kier molecular flexibility index (Phi) is 2.86. The van der Waals surface area contributed by atoms with E-state index in [1.54, 1.807) is 12.3 Å². The Bertz CT molecular complexity index is 342. The van der Waals surface area contributed by atoms with E-state index >= 15 is 0 Å². The molecule has 0 amide bonds. The maximum absolute atomic E-state index is 13.5. The van der Waals surface area contributed by atoms with Gasteiger partial charge in [0.2, 0.25) is 0 Å². The number of hydrogen-bond acceptors (Lipinski definition) is 3. The van der Waals surface area contributed by atoms with Crippen molar-refractivity contribution in [2.75, 3.05) is 18.0 Å². The maximum atomic E-state index is 13.5. The number of nitrogens with two attached hydrogens (primary N) is 1. The van der Waals surface area contributed by atoms with Gasteiger partial charge in [0.05, 0.1) is 0 Å². The summed E-state index contributed by atoms with van der Waals surface area (Å²) in [6.07, 6.45) is 2.67. The highest BCUT2D eigenvalue weighted by Crippen LogP contribution is 2.28. The Morgan fingerprint density at radius 1 is 1.67 bits per heavy atom. The van der Waals surface area contributed by atoms with E-state index in [0.717, 1.165) is 13.0 Å². The average molecular weight is 209 g/mol. The van der Waals surface area contributed by atoms with Gasteiger partial charge in [-0.15, -0.1) is 0 Å². The molecule has 1 aliphatic heterocycles. The number of hydrogen-bond donors (Lipinski definition) is 1. The van der Waals surface area contributed by atoms with Crippen LogP contribution in [0.4, 0.5) is 10.2 Å². The van der Waals surface area contributed by atoms with Crippen LogP contribution < -0.4 is 10.6 Å². The molecule has 82 valence electrons. The molecule has 0 radical (unpaired) electrons. The van der Waals surface area contributed by atoms with E-state index in [4.69, 9.17) is 5.73 Å². The Labute approximate surface area is 89.1 Å². The molecule has 0 aliphatic carbocycles. The van der Waals surface area contributed by atoms with Crippen LogP contribution in [0.1, 0.15) is 13.3 Å². The fourth-order valence-electron chi connectivity index (χ4n) is 2.22. The van der Waals surface area contributed by atoms with Gasteiger partial charge in [-0.3, -0.25) is 0 Å². The zero-order chi connectivity index (χ0) is 10.8. The molecule has 0 spiro atoms. The van der Waals surface area contributed by atoms with Crippen LogP contribution in [0, 0.1) is 11.7 Å². The van der Waals surface area contributed by atoms with Gasteiger partial charge in [-0.25, -0.2) is 9.37 Å². The number of rotatable bonds is 2. The first-order valence-electron chi connectivity index (χ1n) is 5.31. The van der Waals surface area contributed by atoms with Crippen molar-refractivity contribution in [2.45, 2.75) is 19.4 Å². The Balaban J connectivity index is 2.28. The minimum Gasteiger partial charge on any atom is -0.350 e. The average Bonchev–Trinajstić information content (AvgIpc) is 2.60.